The molecule has 1 fully saturated rings. The second-order valence-electron chi connectivity index (χ2n) is 4.94. The quantitative estimate of drug-likeness (QED) is 0.578. The van der Waals surface area contributed by atoms with E-state index >= 15 is 0 Å². The van der Waals surface area contributed by atoms with Gasteiger partial charge in [0.15, 0.2) is 11.5 Å². The predicted octanol–water partition coefficient (Wildman–Crippen LogP) is 1.52. The van der Waals surface area contributed by atoms with Crippen molar-refractivity contribution in [3.63, 3.8) is 0 Å². The Balaban J connectivity index is 2.16. The number of carbonyl (C=O) groups is 2. The van der Waals surface area contributed by atoms with E-state index in [-0.39, 0.29) is 31.0 Å². The molecule has 0 aromatic heterocycles. The summed E-state index contributed by atoms with van der Waals surface area (Å²) in [6.45, 7) is 2.45. The first kappa shape index (κ1) is 18.3. The summed E-state index contributed by atoms with van der Waals surface area (Å²) in [6, 6.07) is 5.03. The van der Waals surface area contributed by atoms with E-state index in [1.54, 1.807) is 24.3 Å². The Morgan fingerprint density at radius 1 is 1.50 bits per heavy atom. The van der Waals surface area contributed by atoms with Crippen LogP contribution in [0.5, 0.6) is 11.5 Å². The van der Waals surface area contributed by atoms with E-state index < -0.39 is 5.97 Å². The number of ether oxygens (including phenoxy) is 1. The second-order valence-corrected chi connectivity index (χ2v) is 6.61. The Morgan fingerprint density at radius 3 is 2.92 bits per heavy atom. The number of rotatable bonds is 7. The van der Waals surface area contributed by atoms with Gasteiger partial charge in [-0.3, -0.25) is 9.69 Å². The Kier molecular flexibility index (Phi) is 6.22. The highest BCUT2D eigenvalue weighted by atomic mass is 32.2. The zero-order valence-corrected chi connectivity index (χ0v) is 14.6. The number of nitrogens with zero attached hydrogens (tertiary/aromatic N) is 1. The molecule has 0 saturated carbocycles. The molecule has 24 heavy (non-hydrogen) atoms. The predicted molar refractivity (Wildman–Crippen MR) is 93.4 cm³/mol. The highest BCUT2D eigenvalue weighted by molar-refractivity contribution is 8.26. The molecule has 1 aromatic rings. The van der Waals surface area contributed by atoms with Gasteiger partial charge in [0.1, 0.15) is 4.32 Å². The van der Waals surface area contributed by atoms with Crippen molar-refractivity contribution in [3.8, 4) is 11.5 Å². The largest absolute Gasteiger partial charge is 0.550 e. The minimum atomic E-state index is -1.16. The number of hydrogen-bond acceptors (Lipinski definition) is 7. The molecule has 0 bridgehead atoms. The lowest BCUT2D eigenvalue weighted by Crippen LogP contribution is -2.30. The zero-order chi connectivity index (χ0) is 17.7. The van der Waals surface area contributed by atoms with E-state index in [0.717, 1.165) is 11.8 Å². The van der Waals surface area contributed by atoms with Crippen LogP contribution in [0, 0.1) is 0 Å². The Hall–Kier alpha value is -2.06. The van der Waals surface area contributed by atoms with E-state index in [1.165, 1.54) is 4.90 Å². The van der Waals surface area contributed by atoms with Crippen molar-refractivity contribution >= 4 is 46.3 Å². The topological polar surface area (TPSA) is 89.9 Å². The van der Waals surface area contributed by atoms with Crippen LogP contribution in [0.3, 0.4) is 0 Å². The number of hydrogen-bond donors (Lipinski definition) is 1. The van der Waals surface area contributed by atoms with Gasteiger partial charge in [0, 0.05) is 18.1 Å². The Labute approximate surface area is 149 Å². The van der Waals surface area contributed by atoms with E-state index in [2.05, 4.69) is 0 Å². The number of amides is 1. The molecule has 1 N–H and O–H groups in total. The van der Waals surface area contributed by atoms with Crippen molar-refractivity contribution in [3.05, 3.63) is 28.7 Å². The SMILES string of the molecule is CCOc1cccc(/C=C2\SC(=S)N(CCCC(=O)[O-])C2=O)c1O. The number of carboxylic acid groups (broad SMARTS) is 1. The van der Waals surface area contributed by atoms with Crippen LogP contribution in [0.4, 0.5) is 0 Å². The lowest BCUT2D eigenvalue weighted by atomic mass is 10.1. The van der Waals surface area contributed by atoms with Crippen molar-refractivity contribution in [2.24, 2.45) is 0 Å². The smallest absolute Gasteiger partial charge is 0.266 e. The summed E-state index contributed by atoms with van der Waals surface area (Å²) in [5.41, 5.74) is 0.455. The van der Waals surface area contributed by atoms with Crippen molar-refractivity contribution in [1.29, 1.82) is 0 Å². The lowest BCUT2D eigenvalue weighted by Gasteiger charge is -2.14. The third kappa shape index (κ3) is 4.27. The molecule has 1 heterocycles. The summed E-state index contributed by atoms with van der Waals surface area (Å²) in [4.78, 5) is 24.6. The number of para-hydroxylation sites is 1. The van der Waals surface area contributed by atoms with Gasteiger partial charge in [0.25, 0.3) is 5.91 Å². The first-order valence-corrected chi connectivity index (χ1v) is 8.56. The van der Waals surface area contributed by atoms with Gasteiger partial charge in [-0.15, -0.1) is 0 Å². The molecule has 128 valence electrons. The van der Waals surface area contributed by atoms with E-state index in [0.29, 0.717) is 27.1 Å². The summed E-state index contributed by atoms with van der Waals surface area (Å²) < 4.78 is 5.68. The van der Waals surface area contributed by atoms with Crippen LogP contribution in [-0.2, 0) is 9.59 Å². The standard InChI is InChI=1S/C16H17NO5S2/c1-2-22-11-6-3-5-10(14(11)20)9-12-15(21)17(16(23)24-12)8-4-7-13(18)19/h3,5-6,9,20H,2,4,7-8H2,1H3,(H,18,19)/p-1/b12-9-. The van der Waals surface area contributed by atoms with Crippen LogP contribution in [-0.4, -0.2) is 39.4 Å². The number of benzene rings is 1. The highest BCUT2D eigenvalue weighted by Crippen LogP contribution is 2.36. The maximum absolute atomic E-state index is 12.4. The first-order valence-electron chi connectivity index (χ1n) is 7.34. The van der Waals surface area contributed by atoms with Gasteiger partial charge >= 0.3 is 0 Å². The molecule has 1 aromatic carbocycles. The summed E-state index contributed by atoms with van der Waals surface area (Å²) in [5.74, 6) is -1.16. The molecule has 6 nitrogen and oxygen atoms in total. The van der Waals surface area contributed by atoms with Crippen LogP contribution in [0.2, 0.25) is 0 Å². The number of phenols is 1. The fraction of sp³-hybridized carbons (Fsp3) is 0.312. The molecular formula is C16H16NO5S2-. The number of phenolic OH excluding ortho intramolecular Hbond substituents is 1. The monoisotopic (exact) mass is 366 g/mol. The average Bonchev–Trinajstić information content (AvgIpc) is 2.78. The minimum Gasteiger partial charge on any atom is -0.550 e. The number of aliphatic carboxylic acids is 1. The van der Waals surface area contributed by atoms with Crippen LogP contribution in [0.15, 0.2) is 23.1 Å². The molecule has 0 aliphatic carbocycles. The summed E-state index contributed by atoms with van der Waals surface area (Å²) in [5, 5.41) is 20.7. The van der Waals surface area contributed by atoms with Crippen LogP contribution < -0.4 is 9.84 Å². The molecule has 0 unspecified atom stereocenters. The summed E-state index contributed by atoms with van der Waals surface area (Å²) in [6.07, 6.45) is 1.69. The van der Waals surface area contributed by atoms with Gasteiger partial charge < -0.3 is 19.7 Å². The molecule has 0 radical (unpaired) electrons. The number of carboxylic acids is 1. The van der Waals surface area contributed by atoms with Crippen molar-refractivity contribution < 1.29 is 24.5 Å². The molecule has 0 spiro atoms. The normalized spacial score (nSPS) is 16.0. The fourth-order valence-electron chi connectivity index (χ4n) is 2.14. The second kappa shape index (κ2) is 8.16. The van der Waals surface area contributed by atoms with Crippen molar-refractivity contribution in [1.82, 2.24) is 4.90 Å². The molecule has 0 atom stereocenters. The molecule has 8 heteroatoms. The summed E-state index contributed by atoms with van der Waals surface area (Å²) in [7, 11) is 0. The molecule has 1 aliphatic rings. The molecule has 1 amide bonds. The van der Waals surface area contributed by atoms with Crippen LogP contribution >= 0.6 is 24.0 Å². The molecule has 1 aliphatic heterocycles. The molecule has 1 saturated heterocycles. The van der Waals surface area contributed by atoms with Gasteiger partial charge in [0.2, 0.25) is 0 Å². The van der Waals surface area contributed by atoms with Gasteiger partial charge in [-0.05, 0) is 31.9 Å². The minimum absolute atomic E-state index is 0.0402. The van der Waals surface area contributed by atoms with E-state index in [4.69, 9.17) is 17.0 Å². The van der Waals surface area contributed by atoms with E-state index in [1.807, 2.05) is 6.92 Å². The fourth-order valence-corrected chi connectivity index (χ4v) is 3.44. The van der Waals surface area contributed by atoms with Gasteiger partial charge in [-0.2, -0.15) is 0 Å². The number of thiocarbonyl (C=S) groups is 1. The molecule has 2 rings (SSSR count). The number of thioether (sulfide) groups is 1. The highest BCUT2D eigenvalue weighted by Gasteiger charge is 2.31. The Bertz CT molecular complexity index is 702. The molecular weight excluding hydrogens is 350 g/mol. The maximum Gasteiger partial charge on any atom is 0.266 e. The first-order chi connectivity index (χ1) is 11.4. The van der Waals surface area contributed by atoms with Crippen molar-refractivity contribution in [2.45, 2.75) is 19.8 Å². The summed E-state index contributed by atoms with van der Waals surface area (Å²) >= 11 is 6.28. The maximum atomic E-state index is 12.4. The number of aromatic hydroxyl groups is 1. The van der Waals surface area contributed by atoms with E-state index in [9.17, 15) is 19.8 Å². The van der Waals surface area contributed by atoms with Crippen LogP contribution in [0.1, 0.15) is 25.3 Å². The van der Waals surface area contributed by atoms with Crippen molar-refractivity contribution in [2.75, 3.05) is 13.2 Å². The third-order valence-electron chi connectivity index (χ3n) is 3.25. The average molecular weight is 366 g/mol. The van der Waals surface area contributed by atoms with Crippen LogP contribution in [0.25, 0.3) is 6.08 Å². The van der Waals surface area contributed by atoms with Gasteiger partial charge in [-0.25, -0.2) is 0 Å². The number of carbonyl (C=O) groups excluding carboxylic acids is 2. The van der Waals surface area contributed by atoms with Gasteiger partial charge in [0.05, 0.1) is 11.5 Å². The zero-order valence-electron chi connectivity index (χ0n) is 13.0. The third-order valence-corrected chi connectivity index (χ3v) is 4.63. The Morgan fingerprint density at radius 2 is 2.25 bits per heavy atom. The lowest BCUT2D eigenvalue weighted by molar-refractivity contribution is -0.305. The van der Waals surface area contributed by atoms with Gasteiger partial charge in [-0.1, -0.05) is 36.1 Å².